The molecule has 0 unspecified atom stereocenters. The molecule has 7 heteroatoms. The first kappa shape index (κ1) is 22.5. The van der Waals surface area contributed by atoms with Crippen molar-refractivity contribution in [2.45, 2.75) is 4.90 Å². The zero-order valence-electron chi connectivity index (χ0n) is 18.3. The third kappa shape index (κ3) is 4.73. The minimum Gasteiger partial charge on any atom is -0.493 e. The summed E-state index contributed by atoms with van der Waals surface area (Å²) in [4.78, 5) is 18.1. The number of carbonyl (C=O) groups is 1. The van der Waals surface area contributed by atoms with Crippen LogP contribution in [0.5, 0.6) is 17.2 Å². The Bertz CT molecular complexity index is 1300. The van der Waals surface area contributed by atoms with Gasteiger partial charge in [-0.3, -0.25) is 4.79 Å². The van der Waals surface area contributed by atoms with Crippen LogP contribution >= 0.6 is 11.8 Å². The van der Waals surface area contributed by atoms with Crippen molar-refractivity contribution in [3.63, 3.8) is 0 Å². The molecule has 1 heterocycles. The topological polar surface area (TPSA) is 60.6 Å². The first-order valence-corrected chi connectivity index (χ1v) is 10.9. The van der Waals surface area contributed by atoms with E-state index >= 15 is 0 Å². The molecule has 0 saturated heterocycles. The summed E-state index contributed by atoms with van der Waals surface area (Å²) in [5.74, 6) is 0.619. The Hall–Kier alpha value is -3.71. The summed E-state index contributed by atoms with van der Waals surface area (Å²) in [6.45, 7) is 0. The summed E-state index contributed by atoms with van der Waals surface area (Å²) in [7, 11) is 4.51. The maximum absolute atomic E-state index is 13.7. The number of ketones is 1. The molecular formula is C26H22FNO4S. The van der Waals surface area contributed by atoms with E-state index in [0.29, 0.717) is 27.7 Å². The highest BCUT2D eigenvalue weighted by Crippen LogP contribution is 2.40. The fourth-order valence-electron chi connectivity index (χ4n) is 3.48. The Morgan fingerprint density at radius 1 is 0.939 bits per heavy atom. The Morgan fingerprint density at radius 2 is 1.61 bits per heavy atom. The first-order valence-electron chi connectivity index (χ1n) is 10.1. The smallest absolute Gasteiger partial charge is 0.203 e. The van der Waals surface area contributed by atoms with Crippen molar-refractivity contribution in [2.75, 3.05) is 21.3 Å². The molecule has 0 atom stereocenters. The summed E-state index contributed by atoms with van der Waals surface area (Å²) < 4.78 is 29.6. The number of para-hydroxylation sites is 1. The maximum atomic E-state index is 13.7. The standard InChI is InChI=1S/C26H22FNO4S/c1-30-22-12-16(13-23(31-2)26(22)32-3)25(29)24(33-19-10-8-18(27)9-11-19)14-17-15-28-21-7-5-4-6-20(17)21/h4-15,28H,1-3H3. The van der Waals surface area contributed by atoms with Gasteiger partial charge in [-0.15, -0.1) is 0 Å². The molecule has 0 bridgehead atoms. The number of nitrogens with one attached hydrogen (secondary N) is 1. The number of allylic oxidation sites excluding steroid dienone is 1. The van der Waals surface area contributed by atoms with Gasteiger partial charge in [-0.2, -0.15) is 0 Å². The van der Waals surface area contributed by atoms with Gasteiger partial charge < -0.3 is 19.2 Å². The number of thioether (sulfide) groups is 1. The zero-order chi connectivity index (χ0) is 23.4. The number of halogens is 1. The van der Waals surface area contributed by atoms with E-state index in [9.17, 15) is 9.18 Å². The van der Waals surface area contributed by atoms with Gasteiger partial charge in [-0.1, -0.05) is 30.0 Å². The number of hydrogen-bond donors (Lipinski definition) is 1. The molecule has 0 amide bonds. The number of carbonyl (C=O) groups excluding carboxylic acids is 1. The number of benzene rings is 3. The highest BCUT2D eigenvalue weighted by atomic mass is 32.2. The van der Waals surface area contributed by atoms with E-state index in [0.717, 1.165) is 21.4 Å². The number of Topliss-reactive ketones (excluding diaryl/α,β-unsaturated/α-hetero) is 1. The van der Waals surface area contributed by atoms with E-state index in [4.69, 9.17) is 14.2 Å². The molecular weight excluding hydrogens is 441 g/mol. The van der Waals surface area contributed by atoms with E-state index in [1.165, 1.54) is 45.2 Å². The molecule has 0 fully saturated rings. The number of rotatable bonds is 8. The van der Waals surface area contributed by atoms with Crippen LogP contribution in [0.15, 0.2) is 76.7 Å². The SMILES string of the molecule is COc1cc(C(=O)C(=Cc2c[nH]c3ccccc23)Sc2ccc(F)cc2)cc(OC)c1OC. The summed E-state index contributed by atoms with van der Waals surface area (Å²) in [6, 6.07) is 17.1. The minimum atomic E-state index is -0.336. The van der Waals surface area contributed by atoms with Gasteiger partial charge in [0.05, 0.1) is 26.2 Å². The number of aromatic nitrogens is 1. The van der Waals surface area contributed by atoms with Crippen molar-refractivity contribution >= 4 is 34.5 Å². The molecule has 0 spiro atoms. The van der Waals surface area contributed by atoms with Crippen LogP contribution in [-0.4, -0.2) is 32.1 Å². The van der Waals surface area contributed by atoms with E-state index in [-0.39, 0.29) is 11.6 Å². The van der Waals surface area contributed by atoms with Crippen LogP contribution in [0.25, 0.3) is 17.0 Å². The van der Waals surface area contributed by atoms with Crippen molar-refractivity contribution in [1.29, 1.82) is 0 Å². The van der Waals surface area contributed by atoms with Crippen LogP contribution in [0.4, 0.5) is 4.39 Å². The molecule has 4 aromatic rings. The number of hydrogen-bond acceptors (Lipinski definition) is 5. The molecule has 168 valence electrons. The van der Waals surface area contributed by atoms with Gasteiger partial charge >= 0.3 is 0 Å². The highest BCUT2D eigenvalue weighted by molar-refractivity contribution is 8.04. The Morgan fingerprint density at radius 3 is 2.24 bits per heavy atom. The Labute approximate surface area is 195 Å². The first-order chi connectivity index (χ1) is 16.0. The molecule has 5 nitrogen and oxygen atoms in total. The molecule has 1 N–H and O–H groups in total. The highest BCUT2D eigenvalue weighted by Gasteiger charge is 2.21. The van der Waals surface area contributed by atoms with Crippen molar-refractivity contribution < 1.29 is 23.4 Å². The normalized spacial score (nSPS) is 11.5. The van der Waals surface area contributed by atoms with Crippen LogP contribution < -0.4 is 14.2 Å². The van der Waals surface area contributed by atoms with E-state index in [2.05, 4.69) is 4.98 Å². The molecule has 3 aromatic carbocycles. The van der Waals surface area contributed by atoms with Crippen molar-refractivity contribution in [2.24, 2.45) is 0 Å². The molecule has 33 heavy (non-hydrogen) atoms. The van der Waals surface area contributed by atoms with Crippen molar-refractivity contribution in [3.05, 3.63) is 88.7 Å². The third-order valence-corrected chi connectivity index (χ3v) is 6.13. The number of methoxy groups -OCH3 is 3. The Balaban J connectivity index is 1.82. The third-order valence-electron chi connectivity index (χ3n) is 5.10. The lowest BCUT2D eigenvalue weighted by atomic mass is 10.1. The second kappa shape index (κ2) is 9.83. The molecule has 4 rings (SSSR count). The van der Waals surface area contributed by atoms with Gasteiger partial charge in [0.25, 0.3) is 0 Å². The van der Waals surface area contributed by atoms with Crippen LogP contribution in [0.1, 0.15) is 15.9 Å². The number of aromatic amines is 1. The number of H-pyrrole nitrogens is 1. The molecule has 0 aliphatic heterocycles. The minimum absolute atomic E-state index is 0.228. The van der Waals surface area contributed by atoms with Gasteiger partial charge in [0.1, 0.15) is 5.82 Å². The fraction of sp³-hybridized carbons (Fsp3) is 0.115. The zero-order valence-corrected chi connectivity index (χ0v) is 19.2. The molecule has 0 aliphatic rings. The molecule has 0 saturated carbocycles. The van der Waals surface area contributed by atoms with E-state index in [1.807, 2.05) is 36.5 Å². The molecule has 0 radical (unpaired) electrons. The van der Waals surface area contributed by atoms with Gasteiger partial charge in [-0.05, 0) is 48.5 Å². The van der Waals surface area contributed by atoms with Gasteiger partial charge in [0.15, 0.2) is 17.3 Å². The van der Waals surface area contributed by atoms with E-state index < -0.39 is 0 Å². The quantitative estimate of drug-likeness (QED) is 0.187. The summed E-state index contributed by atoms with van der Waals surface area (Å²) in [6.07, 6.45) is 3.69. The van der Waals surface area contributed by atoms with Gasteiger partial charge in [-0.25, -0.2) is 4.39 Å². The van der Waals surface area contributed by atoms with Gasteiger partial charge in [0, 0.05) is 33.1 Å². The lowest BCUT2D eigenvalue weighted by molar-refractivity contribution is 0.104. The number of ether oxygens (including phenoxy) is 3. The monoisotopic (exact) mass is 463 g/mol. The van der Waals surface area contributed by atoms with E-state index in [1.54, 1.807) is 24.3 Å². The summed E-state index contributed by atoms with van der Waals surface area (Å²) in [5, 5.41) is 0.993. The number of fused-ring (bicyclic) bond motifs is 1. The fourth-order valence-corrected chi connectivity index (χ4v) is 4.40. The summed E-state index contributed by atoms with van der Waals surface area (Å²) in [5.41, 5.74) is 2.22. The van der Waals surface area contributed by atoms with Crippen LogP contribution in [0.3, 0.4) is 0 Å². The van der Waals surface area contributed by atoms with Crippen LogP contribution in [0.2, 0.25) is 0 Å². The lowest BCUT2D eigenvalue weighted by Gasteiger charge is -2.14. The molecule has 1 aromatic heterocycles. The van der Waals surface area contributed by atoms with Gasteiger partial charge in [0.2, 0.25) is 5.75 Å². The second-order valence-electron chi connectivity index (χ2n) is 7.10. The average Bonchev–Trinajstić information content (AvgIpc) is 3.26. The Kier molecular flexibility index (Phi) is 6.70. The molecule has 0 aliphatic carbocycles. The second-order valence-corrected chi connectivity index (χ2v) is 8.21. The largest absolute Gasteiger partial charge is 0.493 e. The summed E-state index contributed by atoms with van der Waals surface area (Å²) >= 11 is 1.26. The van der Waals surface area contributed by atoms with Crippen LogP contribution in [0, 0.1) is 5.82 Å². The van der Waals surface area contributed by atoms with Crippen LogP contribution in [-0.2, 0) is 0 Å². The predicted molar refractivity (Wildman–Crippen MR) is 129 cm³/mol. The van der Waals surface area contributed by atoms with Crippen molar-refractivity contribution in [1.82, 2.24) is 4.98 Å². The lowest BCUT2D eigenvalue weighted by Crippen LogP contribution is -2.04. The average molecular weight is 464 g/mol. The van der Waals surface area contributed by atoms with Crippen molar-refractivity contribution in [3.8, 4) is 17.2 Å². The maximum Gasteiger partial charge on any atom is 0.203 e. The predicted octanol–water partition coefficient (Wildman–Crippen LogP) is 6.35.